The highest BCUT2D eigenvalue weighted by Gasteiger charge is 2.50. The molecule has 606 valence electrons. The molecule has 5 aliphatic rings. The number of carbonyl (C=O) groups is 1. The van der Waals surface area contributed by atoms with E-state index in [2.05, 4.69) is 20.3 Å². The quantitative estimate of drug-likeness (QED) is 0.0401. The molecule has 8 atom stereocenters. The minimum Gasteiger partial charge on any atom is -0.374 e. The number of benzene rings is 4. The lowest BCUT2D eigenvalue weighted by atomic mass is 9.92. The molecule has 0 spiro atoms. The lowest BCUT2D eigenvalue weighted by molar-refractivity contribution is -0.00927. The predicted molar refractivity (Wildman–Crippen MR) is 404 cm³/mol. The fraction of sp³-hybridized carbons (Fsp3) is 0.500. The molecule has 4 aromatic carbocycles. The second kappa shape index (κ2) is 36.7. The number of hydrogen-bond acceptors (Lipinski definition) is 20. The van der Waals surface area contributed by atoms with Crippen molar-refractivity contribution in [1.29, 1.82) is 0 Å². The second-order valence-corrected chi connectivity index (χ2v) is 39.3. The largest absolute Gasteiger partial charge is 0.374 e. The maximum Gasteiger partial charge on any atom is 0.272 e. The molecule has 4 fully saturated rings. The number of hydrogen-bond donors (Lipinski definition) is 0. The van der Waals surface area contributed by atoms with Gasteiger partial charge in [-0.25, -0.2) is 65.3 Å². The molecule has 0 radical (unpaired) electrons. The zero-order chi connectivity index (χ0) is 81.1. The first kappa shape index (κ1) is 87.4. The molecule has 111 heavy (non-hydrogen) atoms. The van der Waals surface area contributed by atoms with E-state index in [-0.39, 0.29) is 86.0 Å². The third-order valence-corrected chi connectivity index (χ3v) is 30.8. The Morgan fingerprint density at radius 3 is 1.14 bits per heavy atom. The number of alkyl halides is 4. The minimum atomic E-state index is -3.64. The van der Waals surface area contributed by atoms with Crippen LogP contribution in [0.4, 0.5) is 26.3 Å². The average molecular weight is 1630 g/mol. The summed E-state index contributed by atoms with van der Waals surface area (Å²) in [5.41, 5.74) is 6.91. The average Bonchev–Trinajstić information content (AvgIpc) is 1.55. The van der Waals surface area contributed by atoms with Crippen molar-refractivity contribution in [2.45, 2.75) is 216 Å². The van der Waals surface area contributed by atoms with E-state index in [1.54, 1.807) is 123 Å². The third-order valence-electron chi connectivity index (χ3n) is 20.7. The van der Waals surface area contributed by atoms with Crippen molar-refractivity contribution in [3.8, 4) is 0 Å². The zero-order valence-corrected chi connectivity index (χ0v) is 67.2. The van der Waals surface area contributed by atoms with E-state index < -0.39 is 108 Å². The maximum atomic E-state index is 13.4. The fourth-order valence-corrected chi connectivity index (χ4v) is 21.8. The zero-order valence-electron chi connectivity index (χ0n) is 64.0. The van der Waals surface area contributed by atoms with Crippen molar-refractivity contribution in [2.75, 3.05) is 54.3 Å². The van der Waals surface area contributed by atoms with Gasteiger partial charge in [0.05, 0.1) is 92.5 Å². The van der Waals surface area contributed by atoms with E-state index in [9.17, 15) is 64.8 Å². The Labute approximate surface area is 645 Å². The smallest absolute Gasteiger partial charge is 0.272 e. The van der Waals surface area contributed by atoms with Crippen LogP contribution in [0.5, 0.6) is 0 Å². The molecule has 8 heterocycles. The first-order valence-electron chi connectivity index (χ1n) is 36.0. The van der Waals surface area contributed by atoms with Crippen molar-refractivity contribution in [3.63, 3.8) is 0 Å². The fourth-order valence-electron chi connectivity index (χ4n) is 14.3. The number of aromatic nitrogens is 6. The van der Waals surface area contributed by atoms with Gasteiger partial charge in [0.25, 0.3) is 6.08 Å². The van der Waals surface area contributed by atoms with Crippen LogP contribution in [-0.4, -0.2) is 167 Å². The van der Waals surface area contributed by atoms with Crippen molar-refractivity contribution >= 4 is 57.4 Å². The van der Waals surface area contributed by atoms with Crippen LogP contribution in [-0.2, 0) is 99.1 Å². The summed E-state index contributed by atoms with van der Waals surface area (Å²) in [5.74, 6) is 0. The lowest BCUT2D eigenvalue weighted by Crippen LogP contribution is -2.45. The van der Waals surface area contributed by atoms with Crippen LogP contribution in [0.25, 0.3) is 6.08 Å². The molecule has 5 aliphatic heterocycles. The molecule has 0 saturated carbocycles. The summed E-state index contributed by atoms with van der Waals surface area (Å²) in [6.07, 6.45) is -4.38. The first-order chi connectivity index (χ1) is 52.3. The van der Waals surface area contributed by atoms with Crippen LogP contribution in [0.3, 0.4) is 0 Å². The van der Waals surface area contributed by atoms with Gasteiger partial charge in [0.2, 0.25) is 12.9 Å². The number of aryl methyl sites for hydroxylation is 4. The van der Waals surface area contributed by atoms with Gasteiger partial charge in [-0.15, -0.1) is 0 Å². The van der Waals surface area contributed by atoms with Crippen LogP contribution < -0.4 is 0 Å². The lowest BCUT2D eigenvalue weighted by Gasteiger charge is -2.38. The van der Waals surface area contributed by atoms with Crippen molar-refractivity contribution in [3.05, 3.63) is 189 Å². The Bertz CT molecular complexity index is 4990. The maximum absolute atomic E-state index is 13.4. The summed E-state index contributed by atoms with van der Waals surface area (Å²) in [5, 5.41) is 12.4. The number of nitrogens with zero attached hydrogens (tertiary/aromatic N) is 7. The SMILES string of the molecule is COCn1nc(C=C(F)F)cc1C1CC(C)(S(=O)(=O)c2cccc(C)c2)CCO1.COCn1nc(C=O)cc1C1CC(C)(S(=O)(=O)c2cccc(C)c2)CCO1.COCn1nc(CC(F)F)cc1C1CC(C)(S(=O)(=O)c2cccc(C)c2)CCO1.Cc1cccc(S(=O)(=O)C2(C)CCOC(C3=CC(CC(F)F)=NC3)C2)c1. The Balaban J connectivity index is 0.000000170. The molecule has 4 saturated heterocycles. The van der Waals surface area contributed by atoms with E-state index in [4.69, 9.17) is 33.2 Å². The highest BCUT2D eigenvalue weighted by Crippen LogP contribution is 2.47. The Kier molecular flexibility index (Phi) is 28.9. The molecule has 0 amide bonds. The van der Waals surface area contributed by atoms with Crippen molar-refractivity contribution < 1.29 is 98.0 Å². The Morgan fingerprint density at radius 2 is 0.802 bits per heavy atom. The predicted octanol–water partition coefficient (Wildman–Crippen LogP) is 14.2. The van der Waals surface area contributed by atoms with Gasteiger partial charge in [0, 0.05) is 59.5 Å². The highest BCUT2D eigenvalue weighted by molar-refractivity contribution is 7.93. The molecule has 33 heteroatoms. The molecular weight excluding hydrogens is 1530 g/mol. The van der Waals surface area contributed by atoms with Crippen LogP contribution in [0.15, 0.2) is 158 Å². The molecule has 12 rings (SSSR count). The molecule has 0 bridgehead atoms. The monoisotopic (exact) mass is 1630 g/mol. The number of allylic oxidation sites excluding steroid dienone is 1. The van der Waals surface area contributed by atoms with Gasteiger partial charge in [0.15, 0.2) is 45.6 Å². The summed E-state index contributed by atoms with van der Waals surface area (Å²) >= 11 is 0. The van der Waals surface area contributed by atoms with E-state index in [1.807, 2.05) is 52.0 Å². The standard InChI is InChI=1S/C20H26F2N2O4S.C20H24F2N2O4S.C19H23F2NO3S.C19H24N2O5S/c2*1-14-5-4-6-16(9-14)29(25,26)20(2)7-8-28-18(12-20)17-10-15(11-19(21)22)23-24(17)13-27-3;1-13-4-3-5-16(8-13)26(23,24)19(2)6-7-25-17(11-19)14-9-15(22-12-14)10-18(20)21;1-14-5-4-6-16(9-14)27(23,24)19(2)7-8-26-18(11-19)17-10-15(12-22)20-21(17)13-25-3/h4-6,9-10,18-19H,7-8,11-13H2,1-3H3;4-6,9-11,18H,7-8,12-13H2,1-3H3;3-5,8-9,17-18H,6-7,10-12H2,1-2H3;4-6,9-10,12,18H,7-8,11,13H2,1-3H3. The third kappa shape index (κ3) is 20.5. The van der Waals surface area contributed by atoms with Crippen molar-refractivity contribution in [1.82, 2.24) is 29.3 Å². The van der Waals surface area contributed by atoms with Crippen LogP contribution in [0.1, 0.15) is 165 Å². The van der Waals surface area contributed by atoms with E-state index in [0.717, 1.165) is 27.8 Å². The highest BCUT2D eigenvalue weighted by atomic mass is 32.2. The van der Waals surface area contributed by atoms with Gasteiger partial charge in [-0.1, -0.05) is 48.5 Å². The topological polar surface area (TPSA) is 284 Å². The summed E-state index contributed by atoms with van der Waals surface area (Å²) < 4.78 is 222. The number of methoxy groups -OCH3 is 3. The van der Waals surface area contributed by atoms with E-state index in [0.29, 0.717) is 96.8 Å². The van der Waals surface area contributed by atoms with Gasteiger partial charge < -0.3 is 33.2 Å². The van der Waals surface area contributed by atoms with E-state index >= 15 is 0 Å². The first-order valence-corrected chi connectivity index (χ1v) is 42.0. The summed E-state index contributed by atoms with van der Waals surface area (Å²) in [6, 6.07) is 32.2. The van der Waals surface area contributed by atoms with Crippen molar-refractivity contribution in [2.24, 2.45) is 4.99 Å². The summed E-state index contributed by atoms with van der Waals surface area (Å²) in [6.45, 7) is 16.0. The summed E-state index contributed by atoms with van der Waals surface area (Å²) in [7, 11) is -9.89. The van der Waals surface area contributed by atoms with Crippen LogP contribution in [0.2, 0.25) is 0 Å². The molecule has 23 nitrogen and oxygen atoms in total. The number of sulfone groups is 4. The van der Waals surface area contributed by atoms with Crippen LogP contribution in [0, 0.1) is 27.7 Å². The van der Waals surface area contributed by atoms with Gasteiger partial charge in [-0.2, -0.15) is 24.1 Å². The number of aldehydes is 1. The van der Waals surface area contributed by atoms with Crippen LogP contribution >= 0.6 is 0 Å². The van der Waals surface area contributed by atoms with Gasteiger partial charge in [0.1, 0.15) is 44.2 Å². The number of rotatable bonds is 24. The van der Waals surface area contributed by atoms with E-state index in [1.165, 1.54) is 36.8 Å². The molecular formula is C78H97F6N7O16S4. The number of ether oxygens (including phenoxy) is 7. The summed E-state index contributed by atoms with van der Waals surface area (Å²) in [4.78, 5) is 16.4. The molecule has 3 aromatic heterocycles. The Morgan fingerprint density at radius 1 is 0.477 bits per heavy atom. The molecule has 0 aliphatic carbocycles. The normalized spacial score (nSPS) is 23.8. The molecule has 0 N–H and O–H groups in total. The molecule has 8 unspecified atom stereocenters. The minimum absolute atomic E-state index is 0.0400. The Hall–Kier alpha value is -7.57. The van der Waals surface area contributed by atoms with Gasteiger partial charge in [-0.3, -0.25) is 9.79 Å². The number of carbonyl (C=O) groups excluding carboxylic acids is 1. The number of aliphatic imine (C=N–C) groups is 1. The molecule has 7 aromatic rings. The van der Waals surface area contributed by atoms with Gasteiger partial charge >= 0.3 is 0 Å². The number of halogens is 6. The second-order valence-electron chi connectivity index (χ2n) is 29.4. The van der Waals surface area contributed by atoms with Gasteiger partial charge in [-0.05, 0) is 207 Å².